The molecular formula is C17H15Cl2N3O4. The summed E-state index contributed by atoms with van der Waals surface area (Å²) in [5.74, 6) is -0.918. The topological polar surface area (TPSA) is 89.0 Å². The van der Waals surface area contributed by atoms with E-state index >= 15 is 0 Å². The number of hydrazone groups is 1. The van der Waals surface area contributed by atoms with Gasteiger partial charge in [-0.15, -0.1) is 0 Å². The minimum atomic E-state index is -0.943. The molecule has 0 fully saturated rings. The first-order valence-electron chi connectivity index (χ1n) is 7.26. The molecule has 2 rings (SSSR count). The maximum absolute atomic E-state index is 11.9. The van der Waals surface area contributed by atoms with Crippen LogP contribution in [0.15, 0.2) is 41.5 Å². The van der Waals surface area contributed by atoms with Crippen LogP contribution in [0.5, 0.6) is 11.5 Å². The van der Waals surface area contributed by atoms with Gasteiger partial charge in [0, 0.05) is 22.3 Å². The molecule has 136 valence electrons. The van der Waals surface area contributed by atoms with Crippen LogP contribution in [0.4, 0.5) is 5.69 Å². The van der Waals surface area contributed by atoms with Crippen LogP contribution in [-0.4, -0.2) is 32.2 Å². The lowest BCUT2D eigenvalue weighted by molar-refractivity contribution is -0.136. The number of methoxy groups -OCH3 is 2. The summed E-state index contributed by atoms with van der Waals surface area (Å²) in [4.78, 5) is 23.7. The second kappa shape index (κ2) is 9.07. The first kappa shape index (κ1) is 19.6. The highest BCUT2D eigenvalue weighted by atomic mass is 35.5. The van der Waals surface area contributed by atoms with E-state index in [2.05, 4.69) is 15.8 Å². The lowest BCUT2D eigenvalue weighted by atomic mass is 10.2. The van der Waals surface area contributed by atoms with E-state index in [0.29, 0.717) is 32.8 Å². The Bertz CT molecular complexity index is 856. The van der Waals surface area contributed by atoms with Gasteiger partial charge in [-0.2, -0.15) is 5.10 Å². The summed E-state index contributed by atoms with van der Waals surface area (Å²) < 4.78 is 10.2. The van der Waals surface area contributed by atoms with Gasteiger partial charge in [0.25, 0.3) is 0 Å². The second-order valence-corrected chi connectivity index (χ2v) is 5.73. The zero-order valence-electron chi connectivity index (χ0n) is 13.9. The summed E-state index contributed by atoms with van der Waals surface area (Å²) >= 11 is 11.8. The average molecular weight is 396 g/mol. The number of hydrogen-bond donors (Lipinski definition) is 2. The first-order valence-corrected chi connectivity index (χ1v) is 8.01. The van der Waals surface area contributed by atoms with Crippen molar-refractivity contribution in [3.05, 3.63) is 52.0 Å². The van der Waals surface area contributed by atoms with Crippen molar-refractivity contribution < 1.29 is 19.1 Å². The predicted octanol–water partition coefficient (Wildman–Crippen LogP) is 3.10. The van der Waals surface area contributed by atoms with Crippen molar-refractivity contribution in [2.75, 3.05) is 19.5 Å². The van der Waals surface area contributed by atoms with Gasteiger partial charge in [0.1, 0.15) is 0 Å². The summed E-state index contributed by atoms with van der Waals surface area (Å²) in [7, 11) is 2.96. The van der Waals surface area contributed by atoms with Crippen LogP contribution in [0.25, 0.3) is 0 Å². The van der Waals surface area contributed by atoms with Crippen LogP contribution in [-0.2, 0) is 9.59 Å². The average Bonchev–Trinajstić information content (AvgIpc) is 2.63. The third-order valence-electron chi connectivity index (χ3n) is 3.18. The minimum absolute atomic E-state index is 0.366. The lowest BCUT2D eigenvalue weighted by Gasteiger charge is -2.10. The molecule has 0 radical (unpaired) electrons. The van der Waals surface area contributed by atoms with Gasteiger partial charge in [0.2, 0.25) is 0 Å². The van der Waals surface area contributed by atoms with Crippen molar-refractivity contribution in [3.63, 3.8) is 0 Å². The lowest BCUT2D eigenvalue weighted by Crippen LogP contribution is -2.32. The Morgan fingerprint density at radius 3 is 2.38 bits per heavy atom. The molecule has 0 saturated heterocycles. The molecule has 0 bridgehead atoms. The van der Waals surface area contributed by atoms with Crippen molar-refractivity contribution in [3.8, 4) is 11.5 Å². The number of ether oxygens (including phenoxy) is 2. The Kier molecular flexibility index (Phi) is 6.82. The van der Waals surface area contributed by atoms with E-state index < -0.39 is 11.8 Å². The van der Waals surface area contributed by atoms with Gasteiger partial charge in [0.05, 0.1) is 25.5 Å². The molecule has 7 nitrogen and oxygen atoms in total. The highest BCUT2D eigenvalue weighted by Gasteiger charge is 2.14. The van der Waals surface area contributed by atoms with Gasteiger partial charge in [-0.05, 0) is 24.3 Å². The quantitative estimate of drug-likeness (QED) is 0.462. The van der Waals surface area contributed by atoms with Gasteiger partial charge < -0.3 is 14.8 Å². The molecule has 0 aliphatic carbocycles. The molecule has 2 N–H and O–H groups in total. The van der Waals surface area contributed by atoms with Crippen LogP contribution >= 0.6 is 23.2 Å². The van der Waals surface area contributed by atoms with Gasteiger partial charge in [-0.1, -0.05) is 29.3 Å². The van der Waals surface area contributed by atoms with E-state index in [9.17, 15) is 9.59 Å². The second-order valence-electron chi connectivity index (χ2n) is 4.89. The van der Waals surface area contributed by atoms with E-state index in [4.69, 9.17) is 32.7 Å². The summed E-state index contributed by atoms with van der Waals surface area (Å²) in [5.41, 5.74) is 3.02. The fraction of sp³-hybridized carbons (Fsp3) is 0.118. The molecule has 2 amide bonds. The smallest absolute Gasteiger partial charge is 0.329 e. The van der Waals surface area contributed by atoms with Crippen LogP contribution in [0, 0.1) is 0 Å². The maximum atomic E-state index is 11.9. The number of carbonyl (C=O) groups is 2. The van der Waals surface area contributed by atoms with E-state index in [0.717, 1.165) is 0 Å². The highest BCUT2D eigenvalue weighted by molar-refractivity contribution is 6.39. The third-order valence-corrected chi connectivity index (χ3v) is 3.74. The largest absolute Gasteiger partial charge is 0.493 e. The molecule has 9 heteroatoms. The molecule has 0 saturated carbocycles. The van der Waals surface area contributed by atoms with E-state index in [1.165, 1.54) is 32.6 Å². The Labute approximate surface area is 159 Å². The number of carbonyl (C=O) groups excluding carboxylic acids is 2. The Balaban J connectivity index is 1.97. The zero-order chi connectivity index (χ0) is 19.1. The number of nitrogens with zero attached hydrogens (tertiary/aromatic N) is 1. The van der Waals surface area contributed by atoms with E-state index in [1.54, 1.807) is 24.3 Å². The third kappa shape index (κ3) is 5.11. The molecule has 0 aliphatic heterocycles. The summed E-state index contributed by atoms with van der Waals surface area (Å²) in [6.45, 7) is 0. The van der Waals surface area contributed by atoms with E-state index in [-0.39, 0.29) is 0 Å². The molecule has 0 aliphatic rings. The number of halogens is 2. The predicted molar refractivity (Wildman–Crippen MR) is 100 cm³/mol. The number of nitrogens with one attached hydrogen (secondary N) is 2. The standard InChI is InChI=1S/C17H15Cl2N3O4/c1-25-14-6-5-12(8-15(14)26-2)21-16(23)17(24)22-20-9-10-3-4-11(18)7-13(10)19/h3-9H,1-2H3,(H,21,23)(H,22,24)/b20-9-. The van der Waals surface area contributed by atoms with Crippen molar-refractivity contribution in [1.82, 2.24) is 5.43 Å². The van der Waals surface area contributed by atoms with E-state index in [1.807, 2.05) is 0 Å². The van der Waals surface area contributed by atoms with Crippen LogP contribution in [0.1, 0.15) is 5.56 Å². The number of amides is 2. The Morgan fingerprint density at radius 2 is 1.73 bits per heavy atom. The van der Waals surface area contributed by atoms with Crippen molar-refractivity contribution in [2.24, 2.45) is 5.10 Å². The minimum Gasteiger partial charge on any atom is -0.493 e. The SMILES string of the molecule is COc1ccc(NC(=O)C(=O)N/N=C\c2ccc(Cl)cc2Cl)cc1OC. The van der Waals surface area contributed by atoms with Gasteiger partial charge in [0.15, 0.2) is 11.5 Å². The monoisotopic (exact) mass is 395 g/mol. The molecule has 0 heterocycles. The summed E-state index contributed by atoms with van der Waals surface area (Å²) in [6.07, 6.45) is 1.31. The molecule has 2 aromatic rings. The number of hydrogen-bond acceptors (Lipinski definition) is 5. The Hall–Kier alpha value is -2.77. The fourth-order valence-corrected chi connectivity index (χ4v) is 2.38. The van der Waals surface area contributed by atoms with Crippen molar-refractivity contribution in [1.29, 1.82) is 0 Å². The summed E-state index contributed by atoms with van der Waals surface area (Å²) in [6, 6.07) is 9.50. The Morgan fingerprint density at radius 1 is 1.00 bits per heavy atom. The van der Waals surface area contributed by atoms with Crippen LogP contribution < -0.4 is 20.2 Å². The number of rotatable bonds is 5. The molecular weight excluding hydrogens is 381 g/mol. The van der Waals surface area contributed by atoms with Crippen LogP contribution in [0.3, 0.4) is 0 Å². The van der Waals surface area contributed by atoms with Gasteiger partial charge in [-0.25, -0.2) is 5.43 Å². The maximum Gasteiger partial charge on any atom is 0.329 e. The molecule has 0 atom stereocenters. The normalized spacial score (nSPS) is 10.5. The zero-order valence-corrected chi connectivity index (χ0v) is 15.4. The first-order chi connectivity index (χ1) is 12.4. The van der Waals surface area contributed by atoms with Gasteiger partial charge in [-0.3, -0.25) is 9.59 Å². The molecule has 2 aromatic carbocycles. The van der Waals surface area contributed by atoms with Crippen molar-refractivity contribution >= 4 is 46.9 Å². The molecule has 0 aromatic heterocycles. The van der Waals surface area contributed by atoms with Crippen molar-refractivity contribution in [2.45, 2.75) is 0 Å². The van der Waals surface area contributed by atoms with Gasteiger partial charge >= 0.3 is 11.8 Å². The summed E-state index contributed by atoms with van der Waals surface area (Å²) in [5, 5.41) is 6.97. The number of benzene rings is 2. The molecule has 26 heavy (non-hydrogen) atoms. The molecule has 0 spiro atoms. The molecule has 0 unspecified atom stereocenters. The fourth-order valence-electron chi connectivity index (χ4n) is 1.92. The van der Waals surface area contributed by atoms with Crippen LogP contribution in [0.2, 0.25) is 10.0 Å². The number of anilines is 1. The highest BCUT2D eigenvalue weighted by Crippen LogP contribution is 2.29.